The van der Waals surface area contributed by atoms with Gasteiger partial charge >= 0.3 is 0 Å². The first-order chi connectivity index (χ1) is 11.5. The summed E-state index contributed by atoms with van der Waals surface area (Å²) in [6.07, 6.45) is 1.66. The van der Waals surface area contributed by atoms with Gasteiger partial charge in [0.1, 0.15) is 6.54 Å². The summed E-state index contributed by atoms with van der Waals surface area (Å²) in [5.74, 6) is 0.418. The van der Waals surface area contributed by atoms with Crippen molar-refractivity contribution in [2.24, 2.45) is 0 Å². The minimum atomic E-state index is -0.104. The van der Waals surface area contributed by atoms with Crippen LogP contribution in [-0.2, 0) is 17.8 Å². The molecule has 1 atom stereocenters. The van der Waals surface area contributed by atoms with E-state index in [-0.39, 0.29) is 19.1 Å². The highest BCUT2D eigenvalue weighted by Gasteiger charge is 2.13. The molecular formula is C19H27N3O2. The van der Waals surface area contributed by atoms with Gasteiger partial charge in [0.2, 0.25) is 5.91 Å². The number of hydrogen-bond donors (Lipinski definition) is 2. The average molecular weight is 329 g/mol. The van der Waals surface area contributed by atoms with Gasteiger partial charge in [-0.3, -0.25) is 9.48 Å². The van der Waals surface area contributed by atoms with Crippen molar-refractivity contribution in [3.63, 3.8) is 0 Å². The molecule has 0 aliphatic rings. The van der Waals surface area contributed by atoms with Crippen LogP contribution in [0.25, 0.3) is 0 Å². The lowest BCUT2D eigenvalue weighted by molar-refractivity contribution is -0.116. The lowest BCUT2D eigenvalue weighted by Gasteiger charge is -2.11. The summed E-state index contributed by atoms with van der Waals surface area (Å²) in [7, 11) is 0. The topological polar surface area (TPSA) is 67.2 Å². The fourth-order valence-electron chi connectivity index (χ4n) is 2.83. The Labute approximate surface area is 143 Å². The maximum atomic E-state index is 12.3. The molecule has 1 aromatic carbocycles. The number of anilines is 1. The molecule has 5 nitrogen and oxygen atoms in total. The number of carbonyl (C=O) groups excluding carboxylic acids is 1. The second-order valence-corrected chi connectivity index (χ2v) is 6.26. The minimum Gasteiger partial charge on any atom is -0.396 e. The number of aliphatic hydroxyl groups excluding tert-OH is 1. The summed E-state index contributed by atoms with van der Waals surface area (Å²) in [6.45, 7) is 8.45. The first-order valence-electron chi connectivity index (χ1n) is 8.49. The van der Waals surface area contributed by atoms with E-state index < -0.39 is 0 Å². The fraction of sp³-hybridized carbons (Fsp3) is 0.474. The van der Waals surface area contributed by atoms with Crippen molar-refractivity contribution in [3.8, 4) is 0 Å². The molecule has 1 aromatic heterocycles. The molecule has 0 aliphatic heterocycles. The normalized spacial score (nSPS) is 12.2. The standard InChI is InChI=1S/C19H27N3O2/c1-5-13(2)16-6-8-17(9-7-16)20-19(24)12-22-15(4)18(10-11-23)14(3)21-22/h6-9,13,23H,5,10-12H2,1-4H3,(H,20,24). The SMILES string of the molecule is CCC(C)c1ccc(NC(=O)Cn2nc(C)c(CCO)c2C)cc1. The summed E-state index contributed by atoms with van der Waals surface area (Å²) in [6, 6.07) is 8.01. The number of hydrogen-bond acceptors (Lipinski definition) is 3. The zero-order chi connectivity index (χ0) is 17.7. The Morgan fingerprint density at radius 3 is 2.54 bits per heavy atom. The van der Waals surface area contributed by atoms with E-state index in [1.165, 1.54) is 5.56 Å². The quantitative estimate of drug-likeness (QED) is 0.820. The highest BCUT2D eigenvalue weighted by molar-refractivity contribution is 5.90. The predicted octanol–water partition coefficient (Wildman–Crippen LogP) is 3.19. The second-order valence-electron chi connectivity index (χ2n) is 6.26. The molecule has 24 heavy (non-hydrogen) atoms. The van der Waals surface area contributed by atoms with Crippen LogP contribution in [0, 0.1) is 13.8 Å². The van der Waals surface area contributed by atoms with Gasteiger partial charge in [-0.25, -0.2) is 0 Å². The highest BCUT2D eigenvalue weighted by Crippen LogP contribution is 2.20. The molecule has 0 radical (unpaired) electrons. The largest absolute Gasteiger partial charge is 0.396 e. The molecule has 0 fully saturated rings. The van der Waals surface area contributed by atoms with Crippen LogP contribution in [0.15, 0.2) is 24.3 Å². The van der Waals surface area contributed by atoms with Crippen LogP contribution < -0.4 is 5.32 Å². The van der Waals surface area contributed by atoms with Gasteiger partial charge in [-0.1, -0.05) is 26.0 Å². The van der Waals surface area contributed by atoms with Crippen molar-refractivity contribution in [3.05, 3.63) is 46.8 Å². The monoisotopic (exact) mass is 329 g/mol. The third-order valence-corrected chi connectivity index (χ3v) is 4.56. The van der Waals surface area contributed by atoms with Crippen molar-refractivity contribution in [1.82, 2.24) is 9.78 Å². The minimum absolute atomic E-state index is 0.0854. The van der Waals surface area contributed by atoms with Crippen LogP contribution in [0.1, 0.15) is 48.7 Å². The fourth-order valence-corrected chi connectivity index (χ4v) is 2.83. The van der Waals surface area contributed by atoms with E-state index in [0.717, 1.165) is 29.1 Å². The molecule has 0 bridgehead atoms. The number of aromatic nitrogens is 2. The van der Waals surface area contributed by atoms with Gasteiger partial charge in [-0.15, -0.1) is 0 Å². The van der Waals surface area contributed by atoms with Crippen molar-refractivity contribution in [1.29, 1.82) is 0 Å². The van der Waals surface area contributed by atoms with Gasteiger partial charge in [0.15, 0.2) is 0 Å². The summed E-state index contributed by atoms with van der Waals surface area (Å²) in [5.41, 5.74) is 4.89. The molecule has 2 rings (SSSR count). The molecule has 0 spiro atoms. The Morgan fingerprint density at radius 1 is 1.29 bits per heavy atom. The molecule has 1 heterocycles. The van der Waals surface area contributed by atoms with Crippen LogP contribution in [0.5, 0.6) is 0 Å². The molecular weight excluding hydrogens is 302 g/mol. The number of benzene rings is 1. The average Bonchev–Trinajstić information content (AvgIpc) is 2.82. The number of nitrogens with zero attached hydrogens (tertiary/aromatic N) is 2. The van der Waals surface area contributed by atoms with E-state index in [1.54, 1.807) is 4.68 Å². The van der Waals surface area contributed by atoms with Gasteiger partial charge in [0.25, 0.3) is 0 Å². The third kappa shape index (κ3) is 4.23. The first kappa shape index (κ1) is 18.2. The third-order valence-electron chi connectivity index (χ3n) is 4.56. The van der Waals surface area contributed by atoms with E-state index in [2.05, 4.69) is 36.4 Å². The molecule has 130 valence electrons. The first-order valence-corrected chi connectivity index (χ1v) is 8.49. The van der Waals surface area contributed by atoms with Crippen LogP contribution >= 0.6 is 0 Å². The number of nitrogens with one attached hydrogen (secondary N) is 1. The Kier molecular flexibility index (Phi) is 6.15. The summed E-state index contributed by atoms with van der Waals surface area (Å²) >= 11 is 0. The summed E-state index contributed by atoms with van der Waals surface area (Å²) in [4.78, 5) is 12.3. The van der Waals surface area contributed by atoms with E-state index in [4.69, 9.17) is 5.11 Å². The molecule has 0 saturated carbocycles. The smallest absolute Gasteiger partial charge is 0.246 e. The van der Waals surface area contributed by atoms with Crippen LogP contribution in [0.3, 0.4) is 0 Å². The number of carbonyl (C=O) groups is 1. The number of rotatable bonds is 7. The number of aliphatic hydroxyl groups is 1. The van der Waals surface area contributed by atoms with Crippen molar-refractivity contribution in [2.75, 3.05) is 11.9 Å². The van der Waals surface area contributed by atoms with Gasteiger partial charge in [0.05, 0.1) is 5.69 Å². The van der Waals surface area contributed by atoms with Crippen molar-refractivity contribution < 1.29 is 9.90 Å². The van der Waals surface area contributed by atoms with Crippen molar-refractivity contribution in [2.45, 2.75) is 53.0 Å². The zero-order valence-electron chi connectivity index (χ0n) is 15.0. The molecule has 2 N–H and O–H groups in total. The maximum Gasteiger partial charge on any atom is 0.246 e. The van der Waals surface area contributed by atoms with E-state index >= 15 is 0 Å². The van der Waals surface area contributed by atoms with E-state index in [0.29, 0.717) is 12.3 Å². The molecule has 5 heteroatoms. The highest BCUT2D eigenvalue weighted by atomic mass is 16.3. The Bertz CT molecular complexity index is 689. The number of amides is 1. The van der Waals surface area contributed by atoms with Gasteiger partial charge in [0, 0.05) is 18.0 Å². The Morgan fingerprint density at radius 2 is 1.96 bits per heavy atom. The summed E-state index contributed by atoms with van der Waals surface area (Å²) < 4.78 is 1.70. The lowest BCUT2D eigenvalue weighted by atomic mass is 9.99. The number of aryl methyl sites for hydroxylation is 1. The van der Waals surface area contributed by atoms with E-state index in [1.807, 2.05) is 26.0 Å². The van der Waals surface area contributed by atoms with Crippen molar-refractivity contribution >= 4 is 11.6 Å². The van der Waals surface area contributed by atoms with E-state index in [9.17, 15) is 4.79 Å². The van der Waals surface area contributed by atoms with Crippen LogP contribution in [0.2, 0.25) is 0 Å². The molecule has 1 amide bonds. The molecule has 0 aliphatic carbocycles. The zero-order valence-corrected chi connectivity index (χ0v) is 15.0. The van der Waals surface area contributed by atoms with Gasteiger partial charge in [-0.05, 0) is 55.9 Å². The summed E-state index contributed by atoms with van der Waals surface area (Å²) in [5, 5.41) is 16.4. The molecule has 1 unspecified atom stereocenters. The molecule has 2 aromatic rings. The second kappa shape index (κ2) is 8.11. The Hall–Kier alpha value is -2.14. The Balaban J connectivity index is 2.02. The van der Waals surface area contributed by atoms with Gasteiger partial charge < -0.3 is 10.4 Å². The lowest BCUT2D eigenvalue weighted by Crippen LogP contribution is -2.20. The maximum absolute atomic E-state index is 12.3. The predicted molar refractivity (Wildman–Crippen MR) is 96.3 cm³/mol. The van der Waals surface area contributed by atoms with Crippen LogP contribution in [0.4, 0.5) is 5.69 Å². The van der Waals surface area contributed by atoms with Gasteiger partial charge in [-0.2, -0.15) is 5.10 Å². The molecule has 0 saturated heterocycles. The van der Waals surface area contributed by atoms with Crippen LogP contribution in [-0.4, -0.2) is 27.4 Å².